The molecule has 1 amide bonds. The van der Waals surface area contributed by atoms with Crippen LogP contribution in [-0.4, -0.2) is 48.8 Å². The number of amides is 1. The first-order valence-corrected chi connectivity index (χ1v) is 12.9. The van der Waals surface area contributed by atoms with Crippen LogP contribution in [0.1, 0.15) is 29.0 Å². The van der Waals surface area contributed by atoms with Crippen LogP contribution in [-0.2, 0) is 16.1 Å². The van der Waals surface area contributed by atoms with E-state index in [1.165, 1.54) is 11.1 Å². The molecule has 39 heavy (non-hydrogen) atoms. The van der Waals surface area contributed by atoms with Gasteiger partial charge in [0.2, 0.25) is 5.91 Å². The zero-order chi connectivity index (χ0) is 28.3. The number of carboxylic acid groups (broad SMARTS) is 1. The number of carboxylic acids is 1. The van der Waals surface area contributed by atoms with Crippen LogP contribution in [0.5, 0.6) is 0 Å². The number of alkyl halides is 3. The molecule has 3 aromatic rings. The summed E-state index contributed by atoms with van der Waals surface area (Å²) in [6.45, 7) is 2.90. The van der Waals surface area contributed by atoms with E-state index in [-0.39, 0.29) is 23.8 Å². The highest BCUT2D eigenvalue weighted by molar-refractivity contribution is 6.30. The van der Waals surface area contributed by atoms with Crippen LogP contribution in [0.15, 0.2) is 84.9 Å². The van der Waals surface area contributed by atoms with Gasteiger partial charge in [-0.3, -0.25) is 4.79 Å². The predicted molar refractivity (Wildman–Crippen MR) is 144 cm³/mol. The second-order valence-electron chi connectivity index (χ2n) is 9.22. The highest BCUT2D eigenvalue weighted by Crippen LogP contribution is 2.24. The van der Waals surface area contributed by atoms with Crippen molar-refractivity contribution in [2.45, 2.75) is 31.1 Å². The fraction of sp³-hybridized carbons (Fsp3) is 0.310. The second kappa shape index (κ2) is 14.7. The Morgan fingerprint density at radius 1 is 0.949 bits per heavy atom. The third-order valence-corrected chi connectivity index (χ3v) is 6.57. The highest BCUT2D eigenvalue weighted by atomic mass is 35.5. The third kappa shape index (κ3) is 10.0. The molecule has 0 unspecified atom stereocenters. The van der Waals surface area contributed by atoms with Crippen molar-refractivity contribution in [2.75, 3.05) is 19.6 Å². The van der Waals surface area contributed by atoms with Crippen molar-refractivity contribution < 1.29 is 27.9 Å². The van der Waals surface area contributed by atoms with Crippen LogP contribution in [0.2, 0.25) is 5.02 Å². The first kappa shape index (κ1) is 30.1. The van der Waals surface area contributed by atoms with Crippen molar-refractivity contribution in [1.29, 1.82) is 0 Å². The number of rotatable bonds is 8. The van der Waals surface area contributed by atoms with Gasteiger partial charge in [0, 0.05) is 43.2 Å². The third-order valence-electron chi connectivity index (χ3n) is 6.33. The lowest BCUT2D eigenvalue weighted by Crippen LogP contribution is -2.51. The molecular formula is C29H31ClF3N3O3. The van der Waals surface area contributed by atoms with Crippen molar-refractivity contribution in [3.63, 3.8) is 0 Å². The van der Waals surface area contributed by atoms with E-state index < -0.39 is 12.1 Å². The molecule has 1 aliphatic rings. The van der Waals surface area contributed by atoms with Crippen molar-refractivity contribution in [1.82, 2.24) is 16.0 Å². The molecule has 1 fully saturated rings. The molecule has 208 valence electrons. The minimum atomic E-state index is -5.08. The molecular weight excluding hydrogens is 531 g/mol. The van der Waals surface area contributed by atoms with E-state index in [1.54, 1.807) is 0 Å². The number of nitrogens with one attached hydrogen (secondary N) is 3. The lowest BCUT2D eigenvalue weighted by molar-refractivity contribution is -0.192. The van der Waals surface area contributed by atoms with Gasteiger partial charge >= 0.3 is 12.1 Å². The van der Waals surface area contributed by atoms with Crippen molar-refractivity contribution in [2.24, 2.45) is 5.92 Å². The minimum absolute atomic E-state index is 0.0483. The molecule has 0 spiro atoms. The number of piperidine rings is 1. The first-order valence-electron chi connectivity index (χ1n) is 12.5. The lowest BCUT2D eigenvalue weighted by Gasteiger charge is -2.30. The van der Waals surface area contributed by atoms with E-state index in [0.29, 0.717) is 13.1 Å². The van der Waals surface area contributed by atoms with Crippen LogP contribution in [0.3, 0.4) is 0 Å². The minimum Gasteiger partial charge on any atom is -0.475 e. The molecule has 0 bridgehead atoms. The summed E-state index contributed by atoms with van der Waals surface area (Å²) in [5, 5.41) is 18.1. The molecule has 6 nitrogen and oxygen atoms in total. The standard InChI is InChI=1S/C27H30ClN3O.C2HF3O2/c28-24-13-7-8-20(14-24)16-30-25-15-23(17-29-18-25)27(32)31-19-26(21-9-3-1-4-10-21)22-11-5-2-6-12-22;3-2(4,5)1(6)7/h1-14,23,25-26,29-30H,15-19H2,(H,31,32);(H,6,7)/t23-,25+;/m0./s1. The Labute approximate surface area is 230 Å². The quantitative estimate of drug-likeness (QED) is 0.311. The molecule has 3 aromatic carbocycles. The highest BCUT2D eigenvalue weighted by Gasteiger charge is 2.38. The normalized spacial score (nSPS) is 17.2. The second-order valence-corrected chi connectivity index (χ2v) is 9.66. The summed E-state index contributed by atoms with van der Waals surface area (Å²) in [6, 6.07) is 28.9. The van der Waals surface area contributed by atoms with E-state index in [4.69, 9.17) is 21.5 Å². The van der Waals surface area contributed by atoms with Gasteiger partial charge < -0.3 is 21.1 Å². The fourth-order valence-electron chi connectivity index (χ4n) is 4.35. The Bertz CT molecular complexity index is 1160. The van der Waals surface area contributed by atoms with Gasteiger partial charge in [-0.1, -0.05) is 84.4 Å². The van der Waals surface area contributed by atoms with E-state index in [1.807, 2.05) is 54.6 Å². The number of carbonyl (C=O) groups excluding carboxylic acids is 1. The topological polar surface area (TPSA) is 90.5 Å². The maximum atomic E-state index is 13.0. The van der Waals surface area contributed by atoms with Gasteiger partial charge in [0.25, 0.3) is 0 Å². The van der Waals surface area contributed by atoms with Gasteiger partial charge in [-0.05, 0) is 35.2 Å². The Hall–Kier alpha value is -3.40. The summed E-state index contributed by atoms with van der Waals surface area (Å²) >= 11 is 6.09. The Balaban J connectivity index is 0.000000532. The summed E-state index contributed by atoms with van der Waals surface area (Å²) in [6.07, 6.45) is -4.26. The van der Waals surface area contributed by atoms with Gasteiger partial charge in [0.05, 0.1) is 5.92 Å². The Morgan fingerprint density at radius 2 is 1.54 bits per heavy atom. The van der Waals surface area contributed by atoms with Crippen LogP contribution in [0, 0.1) is 5.92 Å². The van der Waals surface area contributed by atoms with E-state index >= 15 is 0 Å². The maximum absolute atomic E-state index is 13.0. The number of carbonyl (C=O) groups is 2. The smallest absolute Gasteiger partial charge is 0.475 e. The summed E-state index contributed by atoms with van der Waals surface area (Å²) in [5.74, 6) is -2.56. The summed E-state index contributed by atoms with van der Waals surface area (Å²) in [4.78, 5) is 21.9. The Kier molecular flexibility index (Phi) is 11.3. The average molecular weight is 562 g/mol. The first-order chi connectivity index (χ1) is 18.6. The molecule has 0 radical (unpaired) electrons. The van der Waals surface area contributed by atoms with Crippen molar-refractivity contribution in [3.05, 3.63) is 107 Å². The molecule has 2 atom stereocenters. The lowest BCUT2D eigenvalue weighted by atomic mass is 9.90. The SMILES string of the molecule is O=C(NCC(c1ccccc1)c1ccccc1)[C@@H]1CNC[C@H](NCc2cccc(Cl)c2)C1.O=C(O)C(F)(F)F. The van der Waals surface area contributed by atoms with Crippen LogP contribution < -0.4 is 16.0 Å². The van der Waals surface area contributed by atoms with Crippen molar-refractivity contribution in [3.8, 4) is 0 Å². The molecule has 1 aliphatic heterocycles. The van der Waals surface area contributed by atoms with Crippen LogP contribution in [0.25, 0.3) is 0 Å². The average Bonchev–Trinajstić information content (AvgIpc) is 2.93. The number of halogens is 4. The summed E-state index contributed by atoms with van der Waals surface area (Å²) in [7, 11) is 0. The maximum Gasteiger partial charge on any atom is 0.490 e. The molecule has 1 heterocycles. The van der Waals surface area contributed by atoms with Gasteiger partial charge in [0.15, 0.2) is 0 Å². The molecule has 4 N–H and O–H groups in total. The molecule has 4 rings (SSSR count). The van der Waals surface area contributed by atoms with Crippen LogP contribution >= 0.6 is 11.6 Å². The molecule has 0 saturated carbocycles. The van der Waals surface area contributed by atoms with Crippen LogP contribution in [0.4, 0.5) is 13.2 Å². The van der Waals surface area contributed by atoms with Gasteiger partial charge in [-0.15, -0.1) is 0 Å². The summed E-state index contributed by atoms with van der Waals surface area (Å²) in [5.41, 5.74) is 3.57. The molecule has 0 aromatic heterocycles. The molecule has 1 saturated heterocycles. The van der Waals surface area contributed by atoms with Gasteiger partial charge in [-0.25, -0.2) is 4.79 Å². The monoisotopic (exact) mass is 561 g/mol. The Morgan fingerprint density at radius 3 is 2.08 bits per heavy atom. The number of hydrogen-bond acceptors (Lipinski definition) is 4. The fourth-order valence-corrected chi connectivity index (χ4v) is 4.56. The number of hydrogen-bond donors (Lipinski definition) is 4. The van der Waals surface area contributed by atoms with Crippen molar-refractivity contribution >= 4 is 23.5 Å². The zero-order valence-electron chi connectivity index (χ0n) is 21.1. The van der Waals surface area contributed by atoms with E-state index in [2.05, 4.69) is 46.3 Å². The summed E-state index contributed by atoms with van der Waals surface area (Å²) < 4.78 is 31.7. The number of aliphatic carboxylic acids is 1. The van der Waals surface area contributed by atoms with E-state index in [9.17, 15) is 18.0 Å². The van der Waals surface area contributed by atoms with E-state index in [0.717, 1.165) is 30.1 Å². The molecule has 10 heteroatoms. The van der Waals surface area contributed by atoms with Gasteiger partial charge in [0.1, 0.15) is 0 Å². The molecule has 0 aliphatic carbocycles. The van der Waals surface area contributed by atoms with Gasteiger partial charge in [-0.2, -0.15) is 13.2 Å². The zero-order valence-corrected chi connectivity index (χ0v) is 21.9. The largest absolute Gasteiger partial charge is 0.490 e. The number of benzene rings is 3. The predicted octanol–water partition coefficient (Wildman–Crippen LogP) is 4.99.